The molecule has 1 unspecified atom stereocenters. The number of anilines is 1. The SMILES string of the molecule is Cc1ccc(N(CCCC(=O)NC(C)c2ccc(C(C)(C)C)cc2)S(C)(=O)=O)cc1C. The normalized spacial score (nSPS) is 13.0. The van der Waals surface area contributed by atoms with E-state index in [-0.39, 0.29) is 30.3 Å². The molecule has 2 rings (SSSR count). The first kappa shape index (κ1) is 24.9. The summed E-state index contributed by atoms with van der Waals surface area (Å²) in [6, 6.07) is 13.8. The Bertz CT molecular complexity index is 1010. The molecule has 0 bridgehead atoms. The van der Waals surface area contributed by atoms with Crippen molar-refractivity contribution in [2.45, 2.75) is 65.8 Å². The fourth-order valence-corrected chi connectivity index (χ4v) is 4.38. The van der Waals surface area contributed by atoms with Crippen LogP contribution >= 0.6 is 0 Å². The van der Waals surface area contributed by atoms with E-state index in [0.29, 0.717) is 12.1 Å². The molecule has 5 nitrogen and oxygen atoms in total. The van der Waals surface area contributed by atoms with Gasteiger partial charge in [-0.05, 0) is 67.0 Å². The van der Waals surface area contributed by atoms with E-state index < -0.39 is 10.0 Å². The Kier molecular flexibility index (Phi) is 7.93. The highest BCUT2D eigenvalue weighted by Gasteiger charge is 2.19. The Balaban J connectivity index is 1.95. The summed E-state index contributed by atoms with van der Waals surface area (Å²) >= 11 is 0. The lowest BCUT2D eigenvalue weighted by atomic mass is 9.86. The maximum absolute atomic E-state index is 12.4. The molecule has 0 aliphatic carbocycles. The molecule has 0 radical (unpaired) electrons. The largest absolute Gasteiger partial charge is 0.350 e. The molecule has 0 aliphatic heterocycles. The van der Waals surface area contributed by atoms with Gasteiger partial charge >= 0.3 is 0 Å². The first-order valence-corrected chi connectivity index (χ1v) is 12.6. The molecule has 0 aromatic heterocycles. The number of rotatable bonds is 8. The third-order valence-corrected chi connectivity index (χ3v) is 6.79. The van der Waals surface area contributed by atoms with Crippen molar-refractivity contribution in [3.8, 4) is 0 Å². The molecule has 2 aromatic rings. The zero-order chi connectivity index (χ0) is 23.4. The van der Waals surface area contributed by atoms with Crippen LogP contribution in [0.4, 0.5) is 5.69 Å². The van der Waals surface area contributed by atoms with Gasteiger partial charge in [-0.2, -0.15) is 0 Å². The summed E-state index contributed by atoms with van der Waals surface area (Å²) in [5.41, 5.74) is 5.18. The lowest BCUT2D eigenvalue weighted by Gasteiger charge is -2.23. The van der Waals surface area contributed by atoms with Crippen LogP contribution in [0.25, 0.3) is 0 Å². The minimum atomic E-state index is -3.43. The van der Waals surface area contributed by atoms with Crippen LogP contribution in [0.5, 0.6) is 0 Å². The fourth-order valence-electron chi connectivity index (χ4n) is 3.42. The van der Waals surface area contributed by atoms with Gasteiger partial charge in [0.05, 0.1) is 18.0 Å². The van der Waals surface area contributed by atoms with E-state index in [1.165, 1.54) is 16.1 Å². The number of nitrogens with one attached hydrogen (secondary N) is 1. The van der Waals surface area contributed by atoms with E-state index in [4.69, 9.17) is 0 Å². The second-order valence-electron chi connectivity index (χ2n) is 9.37. The van der Waals surface area contributed by atoms with Crippen molar-refractivity contribution in [3.05, 3.63) is 64.7 Å². The standard InChI is InChI=1S/C25H36N2O3S/c1-18-10-15-23(17-19(18)2)27(31(7,29)30)16-8-9-24(28)26-20(3)21-11-13-22(14-12-21)25(4,5)6/h10-15,17,20H,8-9,16H2,1-7H3,(H,26,28). The predicted molar refractivity (Wildman–Crippen MR) is 129 cm³/mol. The molecule has 6 heteroatoms. The van der Waals surface area contributed by atoms with Crippen LogP contribution in [0.2, 0.25) is 0 Å². The molecule has 2 aromatic carbocycles. The van der Waals surface area contributed by atoms with Crippen LogP contribution < -0.4 is 9.62 Å². The summed E-state index contributed by atoms with van der Waals surface area (Å²) in [5.74, 6) is -0.0825. The Morgan fingerprint density at radius 2 is 1.65 bits per heavy atom. The van der Waals surface area contributed by atoms with Gasteiger partial charge in [-0.1, -0.05) is 51.1 Å². The first-order chi connectivity index (χ1) is 14.3. The molecule has 0 saturated carbocycles. The Hall–Kier alpha value is -2.34. The van der Waals surface area contributed by atoms with Gasteiger partial charge in [0, 0.05) is 13.0 Å². The lowest BCUT2D eigenvalue weighted by molar-refractivity contribution is -0.121. The van der Waals surface area contributed by atoms with Crippen molar-refractivity contribution >= 4 is 21.6 Å². The first-order valence-electron chi connectivity index (χ1n) is 10.7. The van der Waals surface area contributed by atoms with Crippen molar-refractivity contribution in [2.75, 3.05) is 17.1 Å². The maximum atomic E-state index is 12.4. The summed E-state index contributed by atoms with van der Waals surface area (Å²) in [5, 5.41) is 3.02. The van der Waals surface area contributed by atoms with Gasteiger partial charge in [-0.15, -0.1) is 0 Å². The molecule has 170 valence electrons. The van der Waals surface area contributed by atoms with E-state index >= 15 is 0 Å². The summed E-state index contributed by atoms with van der Waals surface area (Å²) in [6.07, 6.45) is 1.91. The molecule has 0 saturated heterocycles. The van der Waals surface area contributed by atoms with Crippen LogP contribution in [0.1, 0.15) is 68.8 Å². The number of aryl methyl sites for hydroxylation is 2. The number of benzene rings is 2. The molecule has 31 heavy (non-hydrogen) atoms. The smallest absolute Gasteiger partial charge is 0.232 e. The van der Waals surface area contributed by atoms with Gasteiger partial charge in [0.1, 0.15) is 0 Å². The molecular formula is C25H36N2O3S. The highest BCUT2D eigenvalue weighted by Crippen LogP contribution is 2.24. The second kappa shape index (κ2) is 9.86. The molecule has 1 N–H and O–H groups in total. The van der Waals surface area contributed by atoms with E-state index in [0.717, 1.165) is 16.7 Å². The number of carbonyl (C=O) groups excluding carboxylic acids is 1. The average molecular weight is 445 g/mol. The lowest BCUT2D eigenvalue weighted by Crippen LogP contribution is -2.32. The minimum absolute atomic E-state index is 0.0825. The third-order valence-electron chi connectivity index (χ3n) is 5.60. The van der Waals surface area contributed by atoms with Gasteiger partial charge in [0.2, 0.25) is 15.9 Å². The molecular weight excluding hydrogens is 408 g/mol. The van der Waals surface area contributed by atoms with Crippen LogP contribution in [0.15, 0.2) is 42.5 Å². The Morgan fingerprint density at radius 3 is 2.16 bits per heavy atom. The molecule has 0 fully saturated rings. The highest BCUT2D eigenvalue weighted by atomic mass is 32.2. The quantitative estimate of drug-likeness (QED) is 0.621. The zero-order valence-electron chi connectivity index (χ0n) is 19.8. The van der Waals surface area contributed by atoms with E-state index in [1.54, 1.807) is 0 Å². The average Bonchev–Trinajstić information content (AvgIpc) is 2.66. The number of nitrogens with zero attached hydrogens (tertiary/aromatic N) is 1. The number of amides is 1. The maximum Gasteiger partial charge on any atom is 0.232 e. The molecule has 0 aliphatic rings. The number of hydrogen-bond donors (Lipinski definition) is 1. The number of sulfonamides is 1. The van der Waals surface area contributed by atoms with Gasteiger partial charge in [-0.25, -0.2) is 8.42 Å². The van der Waals surface area contributed by atoms with Gasteiger partial charge < -0.3 is 5.32 Å². The molecule has 0 spiro atoms. The Morgan fingerprint density at radius 1 is 1.03 bits per heavy atom. The van der Waals surface area contributed by atoms with Crippen LogP contribution in [-0.2, 0) is 20.2 Å². The highest BCUT2D eigenvalue weighted by molar-refractivity contribution is 7.92. The van der Waals surface area contributed by atoms with Crippen molar-refractivity contribution in [1.29, 1.82) is 0 Å². The fraction of sp³-hybridized carbons (Fsp3) is 0.480. The van der Waals surface area contributed by atoms with E-state index in [1.807, 2.05) is 39.0 Å². The van der Waals surface area contributed by atoms with Gasteiger partial charge in [0.15, 0.2) is 0 Å². The molecule has 1 atom stereocenters. The summed E-state index contributed by atoms with van der Waals surface area (Å²) in [6.45, 7) is 12.7. The Labute approximate surface area is 187 Å². The molecule has 0 heterocycles. The minimum Gasteiger partial charge on any atom is -0.350 e. The summed E-state index contributed by atoms with van der Waals surface area (Å²) < 4.78 is 26.0. The second-order valence-corrected chi connectivity index (χ2v) is 11.3. The topological polar surface area (TPSA) is 66.5 Å². The van der Waals surface area contributed by atoms with Crippen molar-refractivity contribution in [3.63, 3.8) is 0 Å². The van der Waals surface area contributed by atoms with Gasteiger partial charge in [-0.3, -0.25) is 9.10 Å². The monoisotopic (exact) mass is 444 g/mol. The third kappa shape index (κ3) is 7.10. The van der Waals surface area contributed by atoms with Crippen LogP contribution in [0, 0.1) is 13.8 Å². The number of hydrogen-bond acceptors (Lipinski definition) is 3. The van der Waals surface area contributed by atoms with Crippen LogP contribution in [-0.4, -0.2) is 27.1 Å². The summed E-state index contributed by atoms with van der Waals surface area (Å²) in [7, 11) is -3.43. The summed E-state index contributed by atoms with van der Waals surface area (Å²) in [4.78, 5) is 12.4. The van der Waals surface area contributed by atoms with Crippen molar-refractivity contribution < 1.29 is 13.2 Å². The van der Waals surface area contributed by atoms with Crippen molar-refractivity contribution in [1.82, 2.24) is 5.32 Å². The number of carbonyl (C=O) groups is 1. The van der Waals surface area contributed by atoms with Gasteiger partial charge in [0.25, 0.3) is 0 Å². The molecule has 1 amide bonds. The van der Waals surface area contributed by atoms with Crippen molar-refractivity contribution in [2.24, 2.45) is 0 Å². The zero-order valence-corrected chi connectivity index (χ0v) is 20.6. The predicted octanol–water partition coefficient (Wildman–Crippen LogP) is 5.02. The van der Waals surface area contributed by atoms with E-state index in [2.05, 4.69) is 50.4 Å². The van der Waals surface area contributed by atoms with E-state index in [9.17, 15) is 13.2 Å². The van der Waals surface area contributed by atoms with Crippen LogP contribution in [0.3, 0.4) is 0 Å².